The van der Waals surface area contributed by atoms with Crippen LogP contribution in [0.4, 0.5) is 0 Å². The van der Waals surface area contributed by atoms with Gasteiger partial charge in [-0.25, -0.2) is 0 Å². The predicted molar refractivity (Wildman–Crippen MR) is 79.8 cm³/mol. The topological polar surface area (TPSA) is 33.7 Å². The molecule has 0 bridgehead atoms. The Bertz CT molecular complexity index is 334. The summed E-state index contributed by atoms with van der Waals surface area (Å²) in [5.41, 5.74) is 0.315. The van der Waals surface area contributed by atoms with Crippen molar-refractivity contribution < 1.29 is 9.47 Å². The quantitative estimate of drug-likeness (QED) is 0.797. The predicted octanol–water partition coefficient (Wildman–Crippen LogP) is 1.36. The van der Waals surface area contributed by atoms with Gasteiger partial charge in [-0.3, -0.25) is 0 Å². The number of hydrogen-bond donors (Lipinski definition) is 1. The molecule has 1 aliphatic carbocycles. The Morgan fingerprint density at radius 3 is 3.00 bits per heavy atom. The Hall–Kier alpha value is -0.160. The normalized spacial score (nSPS) is 39.8. The van der Waals surface area contributed by atoms with Crippen molar-refractivity contribution in [3.63, 3.8) is 0 Å². The number of nitrogens with zero attached hydrogens (tertiary/aromatic N) is 1. The van der Waals surface area contributed by atoms with Gasteiger partial charge in [0.25, 0.3) is 0 Å². The zero-order chi connectivity index (χ0) is 14.2. The summed E-state index contributed by atoms with van der Waals surface area (Å²) in [5.74, 6) is 1.57. The van der Waals surface area contributed by atoms with Crippen LogP contribution in [0.3, 0.4) is 0 Å². The third-order valence-corrected chi connectivity index (χ3v) is 5.71. The number of likely N-dealkylation sites (tertiary alicyclic amines) is 1. The molecular weight excluding hydrogens is 252 g/mol. The molecule has 0 spiro atoms. The maximum absolute atomic E-state index is 5.87. The maximum atomic E-state index is 5.87. The maximum Gasteiger partial charge on any atom is 0.0685 e. The lowest BCUT2D eigenvalue weighted by molar-refractivity contribution is -0.113. The van der Waals surface area contributed by atoms with Crippen molar-refractivity contribution in [2.45, 2.75) is 38.8 Å². The van der Waals surface area contributed by atoms with Gasteiger partial charge in [0.15, 0.2) is 0 Å². The van der Waals surface area contributed by atoms with Gasteiger partial charge in [-0.05, 0) is 31.8 Å². The molecule has 0 unspecified atom stereocenters. The summed E-state index contributed by atoms with van der Waals surface area (Å²) in [7, 11) is 1.79. The summed E-state index contributed by atoms with van der Waals surface area (Å²) in [6, 6.07) is 0.656. The lowest BCUT2D eigenvalue weighted by atomic mass is 9.57. The summed E-state index contributed by atoms with van der Waals surface area (Å²) in [6.45, 7) is 11.3. The lowest BCUT2D eigenvalue weighted by Crippen LogP contribution is -2.66. The van der Waals surface area contributed by atoms with E-state index < -0.39 is 0 Å². The van der Waals surface area contributed by atoms with Gasteiger partial charge < -0.3 is 19.7 Å². The second kappa shape index (κ2) is 5.91. The van der Waals surface area contributed by atoms with E-state index in [9.17, 15) is 0 Å². The molecule has 1 N–H and O–H groups in total. The highest BCUT2D eigenvalue weighted by molar-refractivity contribution is 5.11. The van der Waals surface area contributed by atoms with Crippen LogP contribution in [0.5, 0.6) is 0 Å². The highest BCUT2D eigenvalue weighted by atomic mass is 16.5. The summed E-state index contributed by atoms with van der Waals surface area (Å²) < 4.78 is 11.0. The molecule has 0 aromatic carbocycles. The third-order valence-electron chi connectivity index (χ3n) is 5.71. The summed E-state index contributed by atoms with van der Waals surface area (Å²) in [4.78, 5) is 2.53. The second-order valence-corrected chi connectivity index (χ2v) is 7.40. The first-order valence-corrected chi connectivity index (χ1v) is 8.19. The largest absolute Gasteiger partial charge is 0.383 e. The zero-order valence-corrected chi connectivity index (χ0v) is 13.2. The van der Waals surface area contributed by atoms with Gasteiger partial charge in [0.1, 0.15) is 0 Å². The third kappa shape index (κ3) is 2.63. The number of fused-ring (bicyclic) bond motifs is 1. The molecule has 0 amide bonds. The number of methoxy groups -OCH3 is 1. The molecule has 0 aromatic heterocycles. The summed E-state index contributed by atoms with van der Waals surface area (Å²) in [6.07, 6.45) is 3.08. The molecule has 0 aromatic rings. The number of nitrogens with one attached hydrogen (secondary N) is 1. The molecule has 1 saturated carbocycles. The molecule has 3 rings (SSSR count). The van der Waals surface area contributed by atoms with Crippen molar-refractivity contribution in [1.82, 2.24) is 10.2 Å². The number of hydrogen-bond acceptors (Lipinski definition) is 4. The van der Waals surface area contributed by atoms with E-state index >= 15 is 0 Å². The molecule has 0 radical (unpaired) electrons. The molecule has 2 heterocycles. The molecule has 4 nitrogen and oxygen atoms in total. The smallest absolute Gasteiger partial charge is 0.0685 e. The molecule has 4 atom stereocenters. The summed E-state index contributed by atoms with van der Waals surface area (Å²) in [5, 5.41) is 3.86. The summed E-state index contributed by atoms with van der Waals surface area (Å²) >= 11 is 0. The van der Waals surface area contributed by atoms with Gasteiger partial charge >= 0.3 is 0 Å². The van der Waals surface area contributed by atoms with Crippen LogP contribution in [0.15, 0.2) is 0 Å². The average molecular weight is 282 g/mol. The molecule has 2 saturated heterocycles. The van der Waals surface area contributed by atoms with E-state index in [4.69, 9.17) is 9.47 Å². The van der Waals surface area contributed by atoms with Gasteiger partial charge in [0, 0.05) is 44.2 Å². The van der Waals surface area contributed by atoms with Crippen molar-refractivity contribution in [1.29, 1.82) is 0 Å². The Kier molecular flexibility index (Phi) is 4.37. The Labute approximate surface area is 123 Å². The van der Waals surface area contributed by atoms with Crippen LogP contribution < -0.4 is 5.32 Å². The fraction of sp³-hybridized carbons (Fsp3) is 1.00. The first-order valence-electron chi connectivity index (χ1n) is 8.19. The van der Waals surface area contributed by atoms with Crippen molar-refractivity contribution in [3.05, 3.63) is 0 Å². The molecule has 116 valence electrons. The van der Waals surface area contributed by atoms with Crippen LogP contribution in [0, 0.1) is 17.3 Å². The minimum atomic E-state index is 0.315. The Morgan fingerprint density at radius 2 is 2.20 bits per heavy atom. The molecule has 20 heavy (non-hydrogen) atoms. The SMILES string of the molecule is COCCN1CC[C@H](CN[C@@H]2[C@@H]3CCO[C@H]3C2(C)C)C1. The fourth-order valence-corrected chi connectivity index (χ4v) is 4.54. The highest BCUT2D eigenvalue weighted by Gasteiger charge is 2.58. The number of ether oxygens (including phenoxy) is 2. The van der Waals surface area contributed by atoms with E-state index in [1.54, 1.807) is 7.11 Å². The molecule has 2 aliphatic heterocycles. The van der Waals surface area contributed by atoms with E-state index in [-0.39, 0.29) is 0 Å². The van der Waals surface area contributed by atoms with Crippen LogP contribution in [-0.4, -0.2) is 63.5 Å². The zero-order valence-electron chi connectivity index (χ0n) is 13.2. The number of rotatable bonds is 6. The standard InChI is InChI=1S/C16H30N2O2/c1-16(2)14(13-5-8-20-15(13)16)17-10-12-4-6-18(11-12)7-9-19-3/h12-15,17H,4-11H2,1-3H3/t12-,13+,14-,15-/m1/s1. The molecule has 3 aliphatic rings. The second-order valence-electron chi connectivity index (χ2n) is 7.40. The first kappa shape index (κ1) is 14.8. The van der Waals surface area contributed by atoms with Gasteiger partial charge in [-0.1, -0.05) is 13.8 Å². The first-order chi connectivity index (χ1) is 9.63. The van der Waals surface area contributed by atoms with Crippen LogP contribution in [0.25, 0.3) is 0 Å². The lowest BCUT2D eigenvalue weighted by Gasteiger charge is -2.55. The van der Waals surface area contributed by atoms with Crippen molar-refractivity contribution >= 4 is 0 Å². The van der Waals surface area contributed by atoms with Crippen LogP contribution >= 0.6 is 0 Å². The van der Waals surface area contributed by atoms with Crippen LogP contribution in [0.1, 0.15) is 26.7 Å². The van der Waals surface area contributed by atoms with E-state index in [0.717, 1.165) is 31.6 Å². The van der Waals surface area contributed by atoms with Gasteiger partial charge in [0.2, 0.25) is 0 Å². The van der Waals surface area contributed by atoms with E-state index in [1.807, 2.05) is 0 Å². The van der Waals surface area contributed by atoms with E-state index in [2.05, 4.69) is 24.1 Å². The Balaban J connectivity index is 1.42. The van der Waals surface area contributed by atoms with E-state index in [1.165, 1.54) is 32.5 Å². The minimum absolute atomic E-state index is 0.315. The average Bonchev–Trinajstić information content (AvgIpc) is 3.04. The fourth-order valence-electron chi connectivity index (χ4n) is 4.54. The van der Waals surface area contributed by atoms with Crippen molar-refractivity contribution in [3.8, 4) is 0 Å². The van der Waals surface area contributed by atoms with Crippen molar-refractivity contribution in [2.24, 2.45) is 17.3 Å². The monoisotopic (exact) mass is 282 g/mol. The van der Waals surface area contributed by atoms with Gasteiger partial charge in [0.05, 0.1) is 12.7 Å². The molecule has 4 heteroatoms. The van der Waals surface area contributed by atoms with Crippen LogP contribution in [-0.2, 0) is 9.47 Å². The van der Waals surface area contributed by atoms with Gasteiger partial charge in [-0.2, -0.15) is 0 Å². The molecule has 3 fully saturated rings. The minimum Gasteiger partial charge on any atom is -0.383 e. The molecular formula is C16H30N2O2. The highest BCUT2D eigenvalue weighted by Crippen LogP contribution is 2.52. The van der Waals surface area contributed by atoms with Crippen molar-refractivity contribution in [2.75, 3.05) is 46.5 Å². The Morgan fingerprint density at radius 1 is 1.35 bits per heavy atom. The van der Waals surface area contributed by atoms with Gasteiger partial charge in [-0.15, -0.1) is 0 Å². The van der Waals surface area contributed by atoms with E-state index in [0.29, 0.717) is 17.6 Å². The van der Waals surface area contributed by atoms with Crippen LogP contribution in [0.2, 0.25) is 0 Å².